The van der Waals surface area contributed by atoms with Crippen LogP contribution in [0.15, 0.2) is 0 Å². The van der Waals surface area contributed by atoms with E-state index in [-0.39, 0.29) is 12.5 Å². The quantitative estimate of drug-likeness (QED) is 0.588. The zero-order chi connectivity index (χ0) is 11.0. The molecule has 0 aromatic heterocycles. The smallest absolute Gasteiger partial charge is 0.222 e. The van der Waals surface area contributed by atoms with E-state index in [9.17, 15) is 4.79 Å². The second-order valence-corrected chi connectivity index (χ2v) is 3.50. The van der Waals surface area contributed by atoms with Crippen molar-refractivity contribution in [1.29, 1.82) is 0 Å². The predicted octanol–water partition coefficient (Wildman–Crippen LogP) is 0.378. The van der Waals surface area contributed by atoms with E-state index in [2.05, 4.69) is 0 Å². The second-order valence-electron chi connectivity index (χ2n) is 3.50. The Bertz CT molecular complexity index is 161. The molecule has 0 bridgehead atoms. The minimum absolute atomic E-state index is 0.146. The monoisotopic (exact) mass is 203 g/mol. The van der Waals surface area contributed by atoms with Crippen molar-refractivity contribution in [2.24, 2.45) is 0 Å². The average Bonchev–Trinajstić information content (AvgIpc) is 2.22. The number of carbonyl (C=O) groups is 1. The molecule has 1 unspecified atom stereocenters. The number of rotatable bonds is 7. The second kappa shape index (κ2) is 7.76. The lowest BCUT2D eigenvalue weighted by molar-refractivity contribution is -0.129. The van der Waals surface area contributed by atoms with Gasteiger partial charge in [-0.25, -0.2) is 0 Å². The summed E-state index contributed by atoms with van der Waals surface area (Å²) in [5, 5.41) is 17.6. The van der Waals surface area contributed by atoms with E-state index < -0.39 is 6.10 Å². The molecule has 0 rings (SSSR count). The SMILES string of the molecule is CCC(=O)N(C)CCCCC(O)CO. The van der Waals surface area contributed by atoms with E-state index in [0.29, 0.717) is 12.8 Å². The number of amides is 1. The summed E-state index contributed by atoms with van der Waals surface area (Å²) in [4.78, 5) is 12.8. The van der Waals surface area contributed by atoms with Crippen molar-refractivity contribution in [3.63, 3.8) is 0 Å². The van der Waals surface area contributed by atoms with Gasteiger partial charge >= 0.3 is 0 Å². The molecule has 4 nitrogen and oxygen atoms in total. The summed E-state index contributed by atoms with van der Waals surface area (Å²) in [5.41, 5.74) is 0. The Morgan fingerprint density at radius 1 is 1.43 bits per heavy atom. The standard InChI is InChI=1S/C10H21NO3/c1-3-10(14)11(2)7-5-4-6-9(13)8-12/h9,12-13H,3-8H2,1-2H3. The lowest BCUT2D eigenvalue weighted by Gasteiger charge is -2.16. The van der Waals surface area contributed by atoms with Gasteiger partial charge in [0, 0.05) is 20.0 Å². The van der Waals surface area contributed by atoms with Gasteiger partial charge in [0.1, 0.15) is 0 Å². The number of aliphatic hydroxyl groups excluding tert-OH is 2. The summed E-state index contributed by atoms with van der Waals surface area (Å²) in [6.45, 7) is 2.39. The fourth-order valence-corrected chi connectivity index (χ4v) is 1.21. The molecule has 0 heterocycles. The number of aliphatic hydroxyl groups is 2. The van der Waals surface area contributed by atoms with Crippen molar-refractivity contribution in [2.45, 2.75) is 38.7 Å². The Labute approximate surface area is 85.5 Å². The van der Waals surface area contributed by atoms with E-state index in [4.69, 9.17) is 10.2 Å². The normalized spacial score (nSPS) is 12.6. The van der Waals surface area contributed by atoms with Crippen LogP contribution in [0.1, 0.15) is 32.6 Å². The lowest BCUT2D eigenvalue weighted by atomic mass is 10.1. The molecule has 0 radical (unpaired) electrons. The number of unbranched alkanes of at least 4 members (excludes halogenated alkanes) is 1. The molecule has 84 valence electrons. The first kappa shape index (κ1) is 13.4. The summed E-state index contributed by atoms with van der Waals surface area (Å²) in [6, 6.07) is 0. The molecule has 0 aliphatic carbocycles. The fourth-order valence-electron chi connectivity index (χ4n) is 1.21. The topological polar surface area (TPSA) is 60.8 Å². The van der Waals surface area contributed by atoms with Crippen molar-refractivity contribution in [1.82, 2.24) is 4.90 Å². The van der Waals surface area contributed by atoms with Gasteiger partial charge in [-0.2, -0.15) is 0 Å². The van der Waals surface area contributed by atoms with Gasteiger partial charge in [-0.15, -0.1) is 0 Å². The number of nitrogens with zero attached hydrogens (tertiary/aromatic N) is 1. The molecular weight excluding hydrogens is 182 g/mol. The summed E-state index contributed by atoms with van der Waals surface area (Å²) in [7, 11) is 1.79. The zero-order valence-corrected chi connectivity index (χ0v) is 9.07. The van der Waals surface area contributed by atoms with Gasteiger partial charge in [-0.1, -0.05) is 6.92 Å². The highest BCUT2D eigenvalue weighted by Crippen LogP contribution is 2.02. The van der Waals surface area contributed by atoms with Gasteiger partial charge in [-0.3, -0.25) is 4.79 Å². The first-order valence-electron chi connectivity index (χ1n) is 5.14. The summed E-state index contributed by atoms with van der Waals surface area (Å²) < 4.78 is 0. The Morgan fingerprint density at radius 2 is 2.07 bits per heavy atom. The van der Waals surface area contributed by atoms with Gasteiger partial charge in [0.25, 0.3) is 0 Å². The molecule has 1 amide bonds. The minimum Gasteiger partial charge on any atom is -0.394 e. The Kier molecular flexibility index (Phi) is 7.42. The highest BCUT2D eigenvalue weighted by atomic mass is 16.3. The third-order valence-electron chi connectivity index (χ3n) is 2.22. The van der Waals surface area contributed by atoms with Gasteiger partial charge < -0.3 is 15.1 Å². The van der Waals surface area contributed by atoms with Crippen LogP contribution in [-0.2, 0) is 4.79 Å². The van der Waals surface area contributed by atoms with E-state index in [0.717, 1.165) is 19.4 Å². The van der Waals surface area contributed by atoms with Crippen LogP contribution >= 0.6 is 0 Å². The van der Waals surface area contributed by atoms with Crippen LogP contribution in [0.2, 0.25) is 0 Å². The molecule has 0 aromatic rings. The molecule has 0 aromatic carbocycles. The van der Waals surface area contributed by atoms with Gasteiger partial charge in [-0.05, 0) is 19.3 Å². The Hall–Kier alpha value is -0.610. The molecule has 2 N–H and O–H groups in total. The van der Waals surface area contributed by atoms with Crippen molar-refractivity contribution in [2.75, 3.05) is 20.2 Å². The third-order valence-corrected chi connectivity index (χ3v) is 2.22. The van der Waals surface area contributed by atoms with E-state index >= 15 is 0 Å². The maximum atomic E-state index is 11.1. The van der Waals surface area contributed by atoms with Crippen LogP contribution in [0.4, 0.5) is 0 Å². The third kappa shape index (κ3) is 5.94. The summed E-state index contributed by atoms with van der Waals surface area (Å²) in [5.74, 6) is 0.146. The Morgan fingerprint density at radius 3 is 2.57 bits per heavy atom. The molecular formula is C10H21NO3. The minimum atomic E-state index is -0.609. The first-order valence-corrected chi connectivity index (χ1v) is 5.14. The van der Waals surface area contributed by atoms with Crippen molar-refractivity contribution >= 4 is 5.91 Å². The highest BCUT2D eigenvalue weighted by Gasteiger charge is 2.05. The van der Waals surface area contributed by atoms with E-state index in [1.54, 1.807) is 11.9 Å². The molecule has 1 atom stereocenters. The molecule has 0 spiro atoms. The van der Waals surface area contributed by atoms with Crippen LogP contribution in [0.5, 0.6) is 0 Å². The molecule has 0 saturated heterocycles. The zero-order valence-electron chi connectivity index (χ0n) is 9.07. The molecule has 0 aliphatic heterocycles. The number of hydrogen-bond acceptors (Lipinski definition) is 3. The molecule has 0 aliphatic rings. The van der Waals surface area contributed by atoms with Crippen LogP contribution < -0.4 is 0 Å². The van der Waals surface area contributed by atoms with Gasteiger partial charge in [0.05, 0.1) is 12.7 Å². The predicted molar refractivity (Wildman–Crippen MR) is 54.9 cm³/mol. The highest BCUT2D eigenvalue weighted by molar-refractivity contribution is 5.75. The van der Waals surface area contributed by atoms with Crippen molar-refractivity contribution < 1.29 is 15.0 Å². The summed E-state index contributed by atoms with van der Waals surface area (Å²) >= 11 is 0. The molecule has 0 saturated carbocycles. The lowest BCUT2D eigenvalue weighted by Crippen LogP contribution is -2.27. The summed E-state index contributed by atoms with van der Waals surface area (Å²) in [6.07, 6.45) is 2.24. The maximum absolute atomic E-state index is 11.1. The van der Waals surface area contributed by atoms with Crippen LogP contribution in [0.25, 0.3) is 0 Å². The van der Waals surface area contributed by atoms with Crippen molar-refractivity contribution in [3.8, 4) is 0 Å². The number of hydrogen-bond donors (Lipinski definition) is 2. The molecule has 4 heteroatoms. The maximum Gasteiger partial charge on any atom is 0.222 e. The number of carbonyl (C=O) groups excluding carboxylic acids is 1. The van der Waals surface area contributed by atoms with Crippen LogP contribution in [-0.4, -0.2) is 47.3 Å². The fraction of sp³-hybridized carbons (Fsp3) is 0.900. The largest absolute Gasteiger partial charge is 0.394 e. The average molecular weight is 203 g/mol. The van der Waals surface area contributed by atoms with Crippen LogP contribution in [0.3, 0.4) is 0 Å². The Balaban J connectivity index is 3.40. The van der Waals surface area contributed by atoms with Gasteiger partial charge in [0.2, 0.25) is 5.91 Å². The molecule has 14 heavy (non-hydrogen) atoms. The van der Waals surface area contributed by atoms with Crippen LogP contribution in [0, 0.1) is 0 Å². The van der Waals surface area contributed by atoms with Gasteiger partial charge in [0.15, 0.2) is 0 Å². The first-order chi connectivity index (χ1) is 6.61. The molecule has 0 fully saturated rings. The van der Waals surface area contributed by atoms with E-state index in [1.807, 2.05) is 6.92 Å². The van der Waals surface area contributed by atoms with Crippen molar-refractivity contribution in [3.05, 3.63) is 0 Å². The van der Waals surface area contributed by atoms with E-state index in [1.165, 1.54) is 0 Å².